The topological polar surface area (TPSA) is 152 Å². The average Bonchev–Trinajstić information content (AvgIpc) is 3.63. The monoisotopic (exact) mass is 773 g/mol. The lowest BCUT2D eigenvalue weighted by atomic mass is 10.0. The molecule has 4 aliphatic heterocycles. The van der Waals surface area contributed by atoms with Crippen molar-refractivity contribution in [2.75, 3.05) is 57.4 Å². The summed E-state index contributed by atoms with van der Waals surface area (Å²) >= 11 is 0. The Kier molecular flexibility index (Phi) is 10.3. The zero-order valence-electron chi connectivity index (χ0n) is 32.0. The maximum absolute atomic E-state index is 13.2. The van der Waals surface area contributed by atoms with Gasteiger partial charge < -0.3 is 33.7 Å². The minimum absolute atomic E-state index is 0.0973. The molecule has 2 atom stereocenters. The number of carbonyl (C=O) groups is 3. The van der Waals surface area contributed by atoms with Crippen LogP contribution in [0, 0.1) is 0 Å². The van der Waals surface area contributed by atoms with Gasteiger partial charge in [0.1, 0.15) is 12.1 Å². The predicted octanol–water partition coefficient (Wildman–Crippen LogP) is 4.20. The van der Waals surface area contributed by atoms with Gasteiger partial charge in [0, 0.05) is 123 Å². The minimum atomic E-state index is -1.22. The molecule has 3 aromatic heterocycles. The SMILES string of the molecule is Cn1c2ccncc2c2ccc(-c3ccc(OC4CCN(CCOCCCOC5CN(c6ccc7c(c6)C(=O)N(C6CCC(=O)NC6=O)C7O)C5)CC4)nc3)cc21. The van der Waals surface area contributed by atoms with Crippen LogP contribution in [0.3, 0.4) is 0 Å². The van der Waals surface area contributed by atoms with E-state index < -0.39 is 24.1 Å². The van der Waals surface area contributed by atoms with Crippen molar-refractivity contribution in [1.29, 1.82) is 0 Å². The first kappa shape index (κ1) is 37.2. The maximum atomic E-state index is 13.2. The summed E-state index contributed by atoms with van der Waals surface area (Å²) in [7, 11) is 2.09. The van der Waals surface area contributed by atoms with E-state index in [4.69, 9.17) is 14.2 Å². The van der Waals surface area contributed by atoms with Crippen LogP contribution in [0.2, 0.25) is 0 Å². The third-order valence-corrected chi connectivity index (χ3v) is 11.8. The van der Waals surface area contributed by atoms with Crippen LogP contribution in [0.1, 0.15) is 54.3 Å². The molecule has 3 amide bonds. The number of nitrogens with one attached hydrogen (secondary N) is 1. The Morgan fingerprint density at radius 3 is 2.51 bits per heavy atom. The number of aliphatic hydroxyl groups excluding tert-OH is 1. The summed E-state index contributed by atoms with van der Waals surface area (Å²) in [5.74, 6) is -0.656. The fourth-order valence-corrected chi connectivity index (χ4v) is 8.55. The summed E-state index contributed by atoms with van der Waals surface area (Å²) in [6.07, 6.45) is 7.73. The van der Waals surface area contributed by atoms with E-state index in [0.29, 0.717) is 49.9 Å². The number of aromatic nitrogens is 3. The third-order valence-electron chi connectivity index (χ3n) is 11.8. The Morgan fingerprint density at radius 1 is 0.860 bits per heavy atom. The number of anilines is 1. The van der Waals surface area contributed by atoms with E-state index in [1.54, 1.807) is 12.1 Å². The van der Waals surface area contributed by atoms with Crippen molar-refractivity contribution in [3.63, 3.8) is 0 Å². The Bertz CT molecular complexity index is 2300. The van der Waals surface area contributed by atoms with E-state index in [9.17, 15) is 19.5 Å². The van der Waals surface area contributed by atoms with E-state index in [1.807, 2.05) is 36.8 Å². The summed E-state index contributed by atoms with van der Waals surface area (Å²) in [6.45, 7) is 6.16. The van der Waals surface area contributed by atoms with Crippen molar-refractivity contribution in [2.24, 2.45) is 7.05 Å². The molecule has 3 saturated heterocycles. The molecule has 0 aliphatic carbocycles. The van der Waals surface area contributed by atoms with Crippen molar-refractivity contribution < 1.29 is 33.7 Å². The highest BCUT2D eigenvalue weighted by Gasteiger charge is 2.45. The van der Waals surface area contributed by atoms with Crippen LogP contribution in [0.5, 0.6) is 5.88 Å². The number of carbonyl (C=O) groups excluding carboxylic acids is 3. The zero-order chi connectivity index (χ0) is 39.0. The summed E-state index contributed by atoms with van der Waals surface area (Å²) < 4.78 is 20.5. The van der Waals surface area contributed by atoms with E-state index in [2.05, 4.69) is 61.0 Å². The number of imide groups is 1. The van der Waals surface area contributed by atoms with Gasteiger partial charge in [-0.05, 0) is 61.6 Å². The van der Waals surface area contributed by atoms with Crippen LogP contribution in [-0.4, -0.2) is 118 Å². The number of ether oxygens (including phenoxy) is 3. The molecule has 3 fully saturated rings. The van der Waals surface area contributed by atoms with Crippen LogP contribution in [0.4, 0.5) is 5.69 Å². The van der Waals surface area contributed by atoms with Gasteiger partial charge in [0.15, 0.2) is 6.23 Å². The number of benzene rings is 2. The summed E-state index contributed by atoms with van der Waals surface area (Å²) in [6, 6.07) is 17.1. The smallest absolute Gasteiger partial charge is 0.257 e. The number of amides is 3. The molecule has 0 radical (unpaired) electrons. The number of rotatable bonds is 13. The van der Waals surface area contributed by atoms with Crippen molar-refractivity contribution >= 4 is 45.2 Å². The fraction of sp³-hybridized carbons (Fsp3) is 0.419. The highest BCUT2D eigenvalue weighted by molar-refractivity contribution is 6.09. The maximum Gasteiger partial charge on any atom is 0.257 e. The second-order valence-electron chi connectivity index (χ2n) is 15.4. The Balaban J connectivity index is 0.644. The first-order chi connectivity index (χ1) is 27.8. The quantitative estimate of drug-likeness (QED) is 0.131. The van der Waals surface area contributed by atoms with Crippen LogP contribution < -0.4 is 15.0 Å². The molecule has 57 heavy (non-hydrogen) atoms. The molecule has 2 aromatic carbocycles. The van der Waals surface area contributed by atoms with Gasteiger partial charge in [-0.1, -0.05) is 18.2 Å². The third kappa shape index (κ3) is 7.45. The average molecular weight is 774 g/mol. The first-order valence-corrected chi connectivity index (χ1v) is 19.9. The summed E-state index contributed by atoms with van der Waals surface area (Å²) in [5, 5.41) is 15.5. The van der Waals surface area contributed by atoms with Crippen LogP contribution >= 0.6 is 0 Å². The molecule has 5 aromatic rings. The standard InChI is InChI=1S/C43H47N7O7/c1-47-36-11-14-44-24-35(36)32-6-3-27(21-38(32)47)28-4-10-40(45-23-28)57-30-12-15-48(16-13-30)17-20-55-18-2-19-56-31-25-49(26-31)29-5-7-33-34(22-29)43(54)50(42(33)53)37-8-9-39(51)46-41(37)52/h3-7,10-11,14,21-24,30-31,37,42,53H,2,8-9,12-13,15-20,25-26H2,1H3,(H,46,51,52). The molecule has 7 heterocycles. The normalized spacial score (nSPS) is 20.7. The van der Waals surface area contributed by atoms with Gasteiger partial charge in [0.25, 0.3) is 5.91 Å². The van der Waals surface area contributed by atoms with E-state index >= 15 is 0 Å². The Labute approximate surface area is 330 Å². The molecular weight excluding hydrogens is 727 g/mol. The molecule has 0 saturated carbocycles. The molecule has 2 unspecified atom stereocenters. The second kappa shape index (κ2) is 15.9. The highest BCUT2D eigenvalue weighted by Crippen LogP contribution is 2.38. The van der Waals surface area contributed by atoms with Gasteiger partial charge in [0.2, 0.25) is 17.7 Å². The molecule has 14 heteroatoms. The Morgan fingerprint density at radius 2 is 1.70 bits per heavy atom. The first-order valence-electron chi connectivity index (χ1n) is 19.9. The Hall–Kier alpha value is -5.41. The largest absolute Gasteiger partial charge is 0.474 e. The van der Waals surface area contributed by atoms with Crippen molar-refractivity contribution in [2.45, 2.75) is 56.6 Å². The molecule has 0 spiro atoms. The molecule has 296 valence electrons. The highest BCUT2D eigenvalue weighted by atomic mass is 16.5. The number of aliphatic hydroxyl groups is 1. The van der Waals surface area contributed by atoms with E-state index in [0.717, 1.165) is 61.1 Å². The fourth-order valence-electron chi connectivity index (χ4n) is 8.55. The molecule has 0 bridgehead atoms. The van der Waals surface area contributed by atoms with Crippen molar-refractivity contribution in [3.05, 3.63) is 84.3 Å². The summed E-state index contributed by atoms with van der Waals surface area (Å²) in [5.41, 5.74) is 6.24. The number of likely N-dealkylation sites (tertiary alicyclic amines) is 1. The lowest BCUT2D eigenvalue weighted by molar-refractivity contribution is -0.139. The predicted molar refractivity (Wildman–Crippen MR) is 213 cm³/mol. The number of fused-ring (bicyclic) bond motifs is 4. The lowest BCUT2D eigenvalue weighted by Crippen LogP contribution is -2.53. The molecule has 4 aliphatic rings. The lowest BCUT2D eigenvalue weighted by Gasteiger charge is -2.40. The van der Waals surface area contributed by atoms with Crippen LogP contribution in [0.25, 0.3) is 32.9 Å². The molecule has 14 nitrogen and oxygen atoms in total. The number of nitrogens with zero attached hydrogens (tertiary/aromatic N) is 6. The zero-order valence-corrected chi connectivity index (χ0v) is 32.0. The molecular formula is C43H47N7O7. The van der Waals surface area contributed by atoms with Gasteiger partial charge in [0.05, 0.1) is 18.2 Å². The van der Waals surface area contributed by atoms with Crippen LogP contribution in [0.15, 0.2) is 73.2 Å². The van der Waals surface area contributed by atoms with Crippen LogP contribution in [-0.2, 0) is 26.1 Å². The molecule has 9 rings (SSSR count). The molecule has 2 N–H and O–H groups in total. The number of pyridine rings is 2. The second-order valence-corrected chi connectivity index (χ2v) is 15.4. The van der Waals surface area contributed by atoms with E-state index in [-0.39, 0.29) is 31.0 Å². The van der Waals surface area contributed by atoms with E-state index in [1.165, 1.54) is 21.3 Å². The number of aryl methyl sites for hydroxylation is 1. The van der Waals surface area contributed by atoms with Gasteiger partial charge >= 0.3 is 0 Å². The van der Waals surface area contributed by atoms with Crippen molar-refractivity contribution in [1.82, 2.24) is 29.7 Å². The summed E-state index contributed by atoms with van der Waals surface area (Å²) in [4.78, 5) is 51.9. The number of hydrogen-bond acceptors (Lipinski definition) is 11. The number of hydrogen-bond donors (Lipinski definition) is 2. The van der Waals surface area contributed by atoms with Gasteiger partial charge in [-0.2, -0.15) is 0 Å². The number of piperidine rings is 2. The van der Waals surface area contributed by atoms with Gasteiger partial charge in [-0.25, -0.2) is 4.98 Å². The van der Waals surface area contributed by atoms with Gasteiger partial charge in [-0.3, -0.25) is 29.6 Å². The van der Waals surface area contributed by atoms with Crippen molar-refractivity contribution in [3.8, 4) is 17.0 Å². The van der Waals surface area contributed by atoms with Gasteiger partial charge in [-0.15, -0.1) is 0 Å². The minimum Gasteiger partial charge on any atom is -0.474 e.